The zero-order valence-corrected chi connectivity index (χ0v) is 9.29. The van der Waals surface area contributed by atoms with Crippen LogP contribution in [0.5, 0.6) is 0 Å². The van der Waals surface area contributed by atoms with Crippen molar-refractivity contribution in [1.82, 2.24) is 0 Å². The monoisotopic (exact) mass is 224 g/mol. The fourth-order valence-corrected chi connectivity index (χ4v) is 2.22. The first-order chi connectivity index (χ1) is 7.79. The maximum absolute atomic E-state index is 13.4. The summed E-state index contributed by atoms with van der Waals surface area (Å²) < 4.78 is 18.7. The van der Waals surface area contributed by atoms with Gasteiger partial charge in [-0.15, -0.1) is 0 Å². The number of aliphatic hydroxyl groups excluding tert-OH is 1. The van der Waals surface area contributed by atoms with E-state index in [1.807, 2.05) is 6.07 Å². The normalized spacial score (nSPS) is 17.6. The third kappa shape index (κ3) is 2.80. The van der Waals surface area contributed by atoms with Crippen molar-refractivity contribution in [2.45, 2.75) is 25.2 Å². The first-order valence-corrected chi connectivity index (χ1v) is 5.77. The molecule has 1 aliphatic heterocycles. The molecular formula is C13H17FO2. The Balaban J connectivity index is 2.18. The highest BCUT2D eigenvalue weighted by molar-refractivity contribution is 5.28. The van der Waals surface area contributed by atoms with Crippen LogP contribution in [-0.2, 0) is 11.2 Å². The first-order valence-electron chi connectivity index (χ1n) is 5.77. The zero-order valence-electron chi connectivity index (χ0n) is 9.29. The number of ether oxygens (including phenoxy) is 1. The quantitative estimate of drug-likeness (QED) is 0.853. The van der Waals surface area contributed by atoms with Crippen molar-refractivity contribution < 1.29 is 14.2 Å². The van der Waals surface area contributed by atoms with Crippen LogP contribution < -0.4 is 0 Å². The van der Waals surface area contributed by atoms with Crippen molar-refractivity contribution in [2.75, 3.05) is 19.8 Å². The molecule has 0 aromatic heterocycles. The van der Waals surface area contributed by atoms with Crippen LogP contribution in [-0.4, -0.2) is 24.9 Å². The van der Waals surface area contributed by atoms with Crippen molar-refractivity contribution in [3.8, 4) is 0 Å². The van der Waals surface area contributed by atoms with Gasteiger partial charge >= 0.3 is 0 Å². The lowest BCUT2D eigenvalue weighted by molar-refractivity contribution is 0.0852. The molecule has 0 aliphatic carbocycles. The van der Waals surface area contributed by atoms with Gasteiger partial charge in [0.1, 0.15) is 5.82 Å². The molecule has 0 atom stereocenters. The van der Waals surface area contributed by atoms with E-state index in [4.69, 9.17) is 9.84 Å². The maximum atomic E-state index is 13.4. The van der Waals surface area contributed by atoms with Crippen LogP contribution in [0, 0.1) is 5.82 Å². The predicted molar refractivity (Wildman–Crippen MR) is 60.0 cm³/mol. The molecule has 0 saturated carbocycles. The van der Waals surface area contributed by atoms with E-state index in [0.717, 1.165) is 37.2 Å². The molecule has 16 heavy (non-hydrogen) atoms. The van der Waals surface area contributed by atoms with Gasteiger partial charge < -0.3 is 9.84 Å². The van der Waals surface area contributed by atoms with Crippen LogP contribution in [0.1, 0.15) is 29.9 Å². The Morgan fingerprint density at radius 3 is 2.69 bits per heavy atom. The molecule has 2 nitrogen and oxygen atoms in total. The topological polar surface area (TPSA) is 29.5 Å². The summed E-state index contributed by atoms with van der Waals surface area (Å²) >= 11 is 0. The molecule has 1 aliphatic rings. The van der Waals surface area contributed by atoms with Crippen LogP contribution in [0.4, 0.5) is 4.39 Å². The summed E-state index contributed by atoms with van der Waals surface area (Å²) in [5.74, 6) is 0.203. The minimum absolute atomic E-state index is 0.0661. The van der Waals surface area contributed by atoms with E-state index in [-0.39, 0.29) is 12.4 Å². The number of hydrogen-bond donors (Lipinski definition) is 1. The molecule has 2 rings (SSSR count). The van der Waals surface area contributed by atoms with Crippen molar-refractivity contribution in [2.24, 2.45) is 0 Å². The average molecular weight is 224 g/mol. The van der Waals surface area contributed by atoms with Gasteiger partial charge in [0.25, 0.3) is 0 Å². The standard InChI is InChI=1S/C13H17FO2/c14-13-8-10(1-4-15)7-12(9-13)11-2-5-16-6-3-11/h7-9,11,15H,1-6H2. The highest BCUT2D eigenvalue weighted by Gasteiger charge is 2.16. The summed E-state index contributed by atoms with van der Waals surface area (Å²) in [6.45, 7) is 1.59. The Bertz CT molecular complexity index is 346. The third-order valence-corrected chi connectivity index (χ3v) is 3.07. The van der Waals surface area contributed by atoms with E-state index in [1.54, 1.807) is 6.07 Å². The molecule has 1 saturated heterocycles. The largest absolute Gasteiger partial charge is 0.396 e. The smallest absolute Gasteiger partial charge is 0.123 e. The van der Waals surface area contributed by atoms with E-state index < -0.39 is 0 Å². The van der Waals surface area contributed by atoms with Gasteiger partial charge in [0, 0.05) is 19.8 Å². The predicted octanol–water partition coefficient (Wildman–Crippen LogP) is 2.25. The van der Waals surface area contributed by atoms with Crippen LogP contribution in [0.15, 0.2) is 18.2 Å². The minimum Gasteiger partial charge on any atom is -0.396 e. The van der Waals surface area contributed by atoms with Crippen molar-refractivity contribution in [1.29, 1.82) is 0 Å². The molecule has 1 aromatic carbocycles. The van der Waals surface area contributed by atoms with Crippen LogP contribution >= 0.6 is 0 Å². The third-order valence-electron chi connectivity index (χ3n) is 3.07. The first kappa shape index (κ1) is 11.6. The SMILES string of the molecule is OCCc1cc(F)cc(C2CCOCC2)c1. The summed E-state index contributed by atoms with van der Waals surface area (Å²) in [6.07, 6.45) is 2.44. The Labute approximate surface area is 95.1 Å². The van der Waals surface area contributed by atoms with E-state index in [0.29, 0.717) is 12.3 Å². The van der Waals surface area contributed by atoms with Gasteiger partial charge in [-0.1, -0.05) is 6.07 Å². The Hall–Kier alpha value is -0.930. The molecule has 0 bridgehead atoms. The van der Waals surface area contributed by atoms with E-state index >= 15 is 0 Å². The van der Waals surface area contributed by atoms with Gasteiger partial charge in [-0.2, -0.15) is 0 Å². The lowest BCUT2D eigenvalue weighted by Crippen LogP contribution is -2.14. The maximum Gasteiger partial charge on any atom is 0.123 e. The Kier molecular flexibility index (Phi) is 3.91. The van der Waals surface area contributed by atoms with Gasteiger partial charge in [-0.25, -0.2) is 4.39 Å². The number of benzene rings is 1. The average Bonchev–Trinajstić information content (AvgIpc) is 2.30. The number of rotatable bonds is 3. The molecule has 3 heteroatoms. The number of aliphatic hydroxyl groups is 1. The van der Waals surface area contributed by atoms with E-state index in [2.05, 4.69) is 0 Å². The highest BCUT2D eigenvalue weighted by atomic mass is 19.1. The lowest BCUT2D eigenvalue weighted by Gasteiger charge is -2.22. The summed E-state index contributed by atoms with van der Waals surface area (Å²) in [5, 5.41) is 8.87. The molecule has 88 valence electrons. The fraction of sp³-hybridized carbons (Fsp3) is 0.538. The second-order valence-electron chi connectivity index (χ2n) is 4.25. The molecule has 0 spiro atoms. The zero-order chi connectivity index (χ0) is 11.4. The van der Waals surface area contributed by atoms with Crippen LogP contribution in [0.25, 0.3) is 0 Å². The summed E-state index contributed by atoms with van der Waals surface area (Å²) in [5.41, 5.74) is 1.93. The van der Waals surface area contributed by atoms with Crippen molar-refractivity contribution in [3.63, 3.8) is 0 Å². The Morgan fingerprint density at radius 1 is 1.25 bits per heavy atom. The van der Waals surface area contributed by atoms with Gasteiger partial charge in [-0.05, 0) is 48.4 Å². The van der Waals surface area contributed by atoms with Crippen LogP contribution in [0.3, 0.4) is 0 Å². The molecular weight excluding hydrogens is 207 g/mol. The van der Waals surface area contributed by atoms with Gasteiger partial charge in [0.2, 0.25) is 0 Å². The molecule has 1 aromatic rings. The molecule has 1 N–H and O–H groups in total. The van der Waals surface area contributed by atoms with Gasteiger partial charge in [0.05, 0.1) is 0 Å². The minimum atomic E-state index is -0.201. The number of halogens is 1. The van der Waals surface area contributed by atoms with Crippen molar-refractivity contribution >= 4 is 0 Å². The molecule has 1 heterocycles. The summed E-state index contributed by atoms with van der Waals surface area (Å²) in [7, 11) is 0. The molecule has 0 amide bonds. The summed E-state index contributed by atoms with van der Waals surface area (Å²) in [4.78, 5) is 0. The second kappa shape index (κ2) is 5.41. The number of hydrogen-bond acceptors (Lipinski definition) is 2. The molecule has 0 unspecified atom stereocenters. The van der Waals surface area contributed by atoms with Crippen LogP contribution in [0.2, 0.25) is 0 Å². The van der Waals surface area contributed by atoms with Gasteiger partial charge in [-0.3, -0.25) is 0 Å². The van der Waals surface area contributed by atoms with Gasteiger partial charge in [0.15, 0.2) is 0 Å². The highest BCUT2D eigenvalue weighted by Crippen LogP contribution is 2.28. The fourth-order valence-electron chi connectivity index (χ4n) is 2.22. The van der Waals surface area contributed by atoms with E-state index in [9.17, 15) is 4.39 Å². The second-order valence-corrected chi connectivity index (χ2v) is 4.25. The van der Waals surface area contributed by atoms with E-state index in [1.165, 1.54) is 6.07 Å². The lowest BCUT2D eigenvalue weighted by atomic mass is 9.90. The summed E-state index contributed by atoms with van der Waals surface area (Å²) in [6, 6.07) is 5.12. The van der Waals surface area contributed by atoms with Crippen molar-refractivity contribution in [3.05, 3.63) is 35.1 Å². The molecule has 0 radical (unpaired) electrons. The Morgan fingerprint density at radius 2 is 2.00 bits per heavy atom. The molecule has 1 fully saturated rings.